The van der Waals surface area contributed by atoms with Gasteiger partial charge in [0, 0.05) is 12.6 Å². The van der Waals surface area contributed by atoms with Crippen LogP contribution in [0, 0.1) is 5.92 Å². The van der Waals surface area contributed by atoms with Gasteiger partial charge in [-0.1, -0.05) is 44.2 Å². The maximum absolute atomic E-state index is 11.8. The van der Waals surface area contributed by atoms with Gasteiger partial charge in [-0.05, 0) is 43.2 Å². The third-order valence-corrected chi connectivity index (χ3v) is 5.89. The Bertz CT molecular complexity index is 660. The summed E-state index contributed by atoms with van der Waals surface area (Å²) >= 11 is 0. The second-order valence-electron chi connectivity index (χ2n) is 6.19. The zero-order valence-electron chi connectivity index (χ0n) is 14.1. The first kappa shape index (κ1) is 18.7. The molecule has 1 fully saturated rings. The molecule has 24 heavy (non-hydrogen) atoms. The highest BCUT2D eigenvalue weighted by atomic mass is 32.2. The molecule has 132 valence electrons. The molecule has 0 heterocycles. The SMILES string of the molecule is CNS(=O)(=O)c1ccc(/C=C/C(=O)NCCC2CCCCC2)cc1. The lowest BCUT2D eigenvalue weighted by Crippen LogP contribution is -2.24. The summed E-state index contributed by atoms with van der Waals surface area (Å²) in [6.45, 7) is 0.715. The first-order chi connectivity index (χ1) is 11.5. The van der Waals surface area contributed by atoms with Crippen LogP contribution in [0.1, 0.15) is 44.1 Å². The van der Waals surface area contributed by atoms with Crippen molar-refractivity contribution in [2.45, 2.75) is 43.4 Å². The number of hydrogen-bond donors (Lipinski definition) is 2. The summed E-state index contributed by atoms with van der Waals surface area (Å²) in [6, 6.07) is 6.39. The van der Waals surface area contributed by atoms with Crippen LogP contribution in [0.25, 0.3) is 6.08 Å². The number of hydrogen-bond acceptors (Lipinski definition) is 3. The standard InChI is InChI=1S/C18H26N2O3S/c1-19-24(22,23)17-10-7-16(8-11-17)9-12-18(21)20-14-13-15-5-3-2-4-6-15/h7-12,15,19H,2-6,13-14H2,1H3,(H,20,21)/b12-9+. The molecule has 1 saturated carbocycles. The predicted molar refractivity (Wildman–Crippen MR) is 95.9 cm³/mol. The lowest BCUT2D eigenvalue weighted by molar-refractivity contribution is -0.116. The highest BCUT2D eigenvalue weighted by molar-refractivity contribution is 7.89. The van der Waals surface area contributed by atoms with Crippen molar-refractivity contribution in [1.82, 2.24) is 10.0 Å². The van der Waals surface area contributed by atoms with Gasteiger partial charge in [0.15, 0.2) is 0 Å². The van der Waals surface area contributed by atoms with Gasteiger partial charge in [-0.3, -0.25) is 4.79 Å². The summed E-state index contributed by atoms with van der Waals surface area (Å²) in [5.74, 6) is 0.641. The molecular formula is C18H26N2O3S. The Labute approximate surface area is 144 Å². The van der Waals surface area contributed by atoms with Crippen LogP contribution in [0.3, 0.4) is 0 Å². The number of carbonyl (C=O) groups is 1. The van der Waals surface area contributed by atoms with E-state index in [0.29, 0.717) is 6.54 Å². The minimum absolute atomic E-state index is 0.113. The molecule has 1 amide bonds. The maximum atomic E-state index is 11.8. The van der Waals surface area contributed by atoms with Gasteiger partial charge in [0.05, 0.1) is 4.90 Å². The molecule has 0 aromatic heterocycles. The van der Waals surface area contributed by atoms with Gasteiger partial charge >= 0.3 is 0 Å². The van der Waals surface area contributed by atoms with Crippen molar-refractivity contribution in [2.75, 3.05) is 13.6 Å². The van der Waals surface area contributed by atoms with Gasteiger partial charge in [0.25, 0.3) is 0 Å². The van der Waals surface area contributed by atoms with E-state index >= 15 is 0 Å². The Kier molecular flexibility index (Phi) is 6.99. The highest BCUT2D eigenvalue weighted by Gasteiger charge is 2.13. The van der Waals surface area contributed by atoms with Crippen molar-refractivity contribution in [1.29, 1.82) is 0 Å². The smallest absolute Gasteiger partial charge is 0.243 e. The van der Waals surface area contributed by atoms with E-state index in [4.69, 9.17) is 0 Å². The minimum Gasteiger partial charge on any atom is -0.353 e. The van der Waals surface area contributed by atoms with Crippen LogP contribution < -0.4 is 10.0 Å². The topological polar surface area (TPSA) is 75.3 Å². The van der Waals surface area contributed by atoms with Crippen LogP contribution in [0.5, 0.6) is 0 Å². The van der Waals surface area contributed by atoms with E-state index in [1.807, 2.05) is 0 Å². The van der Waals surface area contributed by atoms with Crippen LogP contribution in [0.2, 0.25) is 0 Å². The number of benzene rings is 1. The molecular weight excluding hydrogens is 324 g/mol. The summed E-state index contributed by atoms with van der Waals surface area (Å²) in [5, 5.41) is 2.91. The van der Waals surface area contributed by atoms with Crippen molar-refractivity contribution in [3.05, 3.63) is 35.9 Å². The van der Waals surface area contributed by atoms with E-state index < -0.39 is 10.0 Å². The molecule has 1 aliphatic rings. The third-order valence-electron chi connectivity index (χ3n) is 4.46. The highest BCUT2D eigenvalue weighted by Crippen LogP contribution is 2.25. The molecule has 0 atom stereocenters. The molecule has 5 nitrogen and oxygen atoms in total. The Balaban J connectivity index is 1.78. The first-order valence-electron chi connectivity index (χ1n) is 8.51. The second kappa shape index (κ2) is 8.99. The normalized spacial score (nSPS) is 16.4. The minimum atomic E-state index is -3.42. The zero-order valence-corrected chi connectivity index (χ0v) is 14.9. The van der Waals surface area contributed by atoms with Crippen molar-refractivity contribution < 1.29 is 13.2 Å². The zero-order chi connectivity index (χ0) is 17.4. The van der Waals surface area contributed by atoms with E-state index in [1.165, 1.54) is 57.4 Å². The summed E-state index contributed by atoms with van der Waals surface area (Å²) in [5.41, 5.74) is 0.785. The molecule has 2 rings (SSSR count). The van der Waals surface area contributed by atoms with Crippen molar-refractivity contribution >= 4 is 22.0 Å². The van der Waals surface area contributed by atoms with Gasteiger partial charge < -0.3 is 5.32 Å². The quantitative estimate of drug-likeness (QED) is 0.743. The van der Waals surface area contributed by atoms with E-state index in [2.05, 4.69) is 10.0 Å². The lowest BCUT2D eigenvalue weighted by atomic mass is 9.87. The molecule has 6 heteroatoms. The van der Waals surface area contributed by atoms with Gasteiger partial charge in [0.2, 0.25) is 15.9 Å². The predicted octanol–water partition coefficient (Wildman–Crippen LogP) is 2.69. The van der Waals surface area contributed by atoms with Gasteiger partial charge in [-0.15, -0.1) is 0 Å². The van der Waals surface area contributed by atoms with Gasteiger partial charge in [-0.2, -0.15) is 0 Å². The maximum Gasteiger partial charge on any atom is 0.243 e. The van der Waals surface area contributed by atoms with Gasteiger partial charge in [-0.25, -0.2) is 13.1 Å². The first-order valence-corrected chi connectivity index (χ1v) is 9.99. The molecule has 0 aliphatic heterocycles. The number of rotatable bonds is 7. The van der Waals surface area contributed by atoms with Gasteiger partial charge in [0.1, 0.15) is 0 Å². The Morgan fingerprint density at radius 1 is 1.17 bits per heavy atom. The summed E-state index contributed by atoms with van der Waals surface area (Å²) in [7, 11) is -2.05. The molecule has 0 bridgehead atoms. The molecule has 0 saturated heterocycles. The van der Waals surface area contributed by atoms with E-state index in [0.717, 1.165) is 17.9 Å². The molecule has 1 aromatic rings. The monoisotopic (exact) mass is 350 g/mol. The molecule has 0 radical (unpaired) electrons. The fraction of sp³-hybridized carbons (Fsp3) is 0.500. The average Bonchev–Trinajstić information content (AvgIpc) is 2.61. The van der Waals surface area contributed by atoms with Crippen LogP contribution in [0.15, 0.2) is 35.2 Å². The largest absolute Gasteiger partial charge is 0.353 e. The van der Waals surface area contributed by atoms with Crippen LogP contribution in [-0.2, 0) is 14.8 Å². The molecule has 1 aromatic carbocycles. The number of carbonyl (C=O) groups excluding carboxylic acids is 1. The second-order valence-corrected chi connectivity index (χ2v) is 8.08. The summed E-state index contributed by atoms with van der Waals surface area (Å²) < 4.78 is 25.5. The number of amides is 1. The van der Waals surface area contributed by atoms with E-state index in [9.17, 15) is 13.2 Å². The average molecular weight is 350 g/mol. The Hall–Kier alpha value is -1.66. The number of nitrogens with one attached hydrogen (secondary N) is 2. The Morgan fingerprint density at radius 2 is 1.83 bits per heavy atom. The summed E-state index contributed by atoms with van der Waals surface area (Å²) in [4.78, 5) is 12.0. The lowest BCUT2D eigenvalue weighted by Gasteiger charge is -2.21. The van der Waals surface area contributed by atoms with Crippen LogP contribution >= 0.6 is 0 Å². The molecule has 0 spiro atoms. The fourth-order valence-corrected chi connectivity index (χ4v) is 3.71. The Morgan fingerprint density at radius 3 is 2.46 bits per heavy atom. The van der Waals surface area contributed by atoms with Crippen molar-refractivity contribution in [2.24, 2.45) is 5.92 Å². The van der Waals surface area contributed by atoms with E-state index in [-0.39, 0.29) is 10.8 Å². The fourth-order valence-electron chi connectivity index (χ4n) is 2.98. The molecule has 1 aliphatic carbocycles. The van der Waals surface area contributed by atoms with Crippen LogP contribution in [0.4, 0.5) is 0 Å². The van der Waals surface area contributed by atoms with E-state index in [1.54, 1.807) is 18.2 Å². The molecule has 0 unspecified atom stereocenters. The molecule has 2 N–H and O–H groups in total. The number of sulfonamides is 1. The van der Waals surface area contributed by atoms with Crippen molar-refractivity contribution in [3.63, 3.8) is 0 Å². The van der Waals surface area contributed by atoms with Crippen LogP contribution in [-0.4, -0.2) is 27.9 Å². The summed E-state index contributed by atoms with van der Waals surface area (Å²) in [6.07, 6.45) is 10.8. The van der Waals surface area contributed by atoms with Crippen molar-refractivity contribution in [3.8, 4) is 0 Å². The third kappa shape index (κ3) is 5.76.